The number of carbonyl (C=O) groups excluding carboxylic acids is 1. The molecule has 8 heteroatoms. The normalized spacial score (nSPS) is 12.4. The number of aromatic nitrogens is 4. The second-order valence-corrected chi connectivity index (χ2v) is 6.01. The van der Waals surface area contributed by atoms with Crippen molar-refractivity contribution in [3.63, 3.8) is 0 Å². The fraction of sp³-hybridized carbons (Fsp3) is 0.143. The lowest BCUT2D eigenvalue weighted by molar-refractivity contribution is 0.0994. The predicted octanol–water partition coefficient (Wildman–Crippen LogP) is 1.59. The lowest BCUT2D eigenvalue weighted by Crippen LogP contribution is -2.13. The summed E-state index contributed by atoms with van der Waals surface area (Å²) in [5.41, 5.74) is 6.22. The van der Waals surface area contributed by atoms with Crippen LogP contribution < -0.4 is 11.3 Å². The van der Waals surface area contributed by atoms with Crippen LogP contribution in [-0.4, -0.2) is 31.0 Å². The van der Waals surface area contributed by atoms with E-state index in [1.54, 1.807) is 19.1 Å². The smallest absolute Gasteiger partial charge is 0.278 e. The minimum absolute atomic E-state index is 0.00700. The standard InChI is InChI=1S/C14H13N5O2S/c1-7(10(20)8-5-3-2-4-6-8)22-14-16-9-11(18-14)17-13(15)19-12(9)21/h2-7H,1H3,(H4,15,16,17,18,19,21). The first kappa shape index (κ1) is 14.3. The van der Waals surface area contributed by atoms with Gasteiger partial charge >= 0.3 is 0 Å². The summed E-state index contributed by atoms with van der Waals surface area (Å²) >= 11 is 1.24. The summed E-state index contributed by atoms with van der Waals surface area (Å²) < 4.78 is 0. The first-order valence-corrected chi connectivity index (χ1v) is 7.44. The zero-order valence-corrected chi connectivity index (χ0v) is 12.5. The van der Waals surface area contributed by atoms with Crippen molar-refractivity contribution < 1.29 is 4.79 Å². The Labute approximate surface area is 129 Å². The maximum Gasteiger partial charge on any atom is 0.278 e. The molecule has 3 aromatic rings. The Balaban J connectivity index is 1.85. The maximum atomic E-state index is 12.3. The molecule has 2 aromatic heterocycles. The van der Waals surface area contributed by atoms with E-state index >= 15 is 0 Å². The molecule has 0 amide bonds. The molecule has 4 N–H and O–H groups in total. The van der Waals surface area contributed by atoms with Gasteiger partial charge in [-0.25, -0.2) is 4.98 Å². The van der Waals surface area contributed by atoms with Gasteiger partial charge in [-0.1, -0.05) is 42.1 Å². The van der Waals surface area contributed by atoms with Gasteiger partial charge in [-0.2, -0.15) is 4.98 Å². The van der Waals surface area contributed by atoms with Crippen LogP contribution in [0.4, 0.5) is 5.95 Å². The number of imidazole rings is 1. The number of carbonyl (C=O) groups is 1. The van der Waals surface area contributed by atoms with Crippen molar-refractivity contribution >= 4 is 34.7 Å². The topological polar surface area (TPSA) is 118 Å². The number of nitrogens with one attached hydrogen (secondary N) is 2. The van der Waals surface area contributed by atoms with Crippen molar-refractivity contribution in [2.24, 2.45) is 0 Å². The predicted molar refractivity (Wildman–Crippen MR) is 85.0 cm³/mol. The molecule has 0 aliphatic heterocycles. The summed E-state index contributed by atoms with van der Waals surface area (Å²) in [4.78, 5) is 37.5. The summed E-state index contributed by atoms with van der Waals surface area (Å²) in [6.07, 6.45) is 0. The molecule has 0 bridgehead atoms. The van der Waals surface area contributed by atoms with Crippen LogP contribution in [0.25, 0.3) is 11.2 Å². The van der Waals surface area contributed by atoms with Gasteiger partial charge in [0.05, 0.1) is 5.25 Å². The lowest BCUT2D eigenvalue weighted by Gasteiger charge is -2.07. The van der Waals surface area contributed by atoms with Gasteiger partial charge in [-0.3, -0.25) is 14.6 Å². The molecule has 0 saturated heterocycles. The lowest BCUT2D eigenvalue weighted by atomic mass is 10.1. The quantitative estimate of drug-likeness (QED) is 0.497. The molecule has 7 nitrogen and oxygen atoms in total. The molecule has 0 radical (unpaired) electrons. The molecule has 1 unspecified atom stereocenters. The molecule has 0 aliphatic carbocycles. The van der Waals surface area contributed by atoms with Crippen molar-refractivity contribution in [2.45, 2.75) is 17.3 Å². The van der Waals surface area contributed by atoms with Crippen LogP contribution in [0.1, 0.15) is 17.3 Å². The number of benzene rings is 1. The fourth-order valence-electron chi connectivity index (χ4n) is 2.02. The molecular formula is C14H13N5O2S. The van der Waals surface area contributed by atoms with E-state index in [2.05, 4.69) is 19.9 Å². The number of aromatic amines is 2. The van der Waals surface area contributed by atoms with Crippen molar-refractivity contribution in [1.29, 1.82) is 0 Å². The number of hydrogen-bond acceptors (Lipinski definition) is 6. The molecule has 22 heavy (non-hydrogen) atoms. The van der Waals surface area contributed by atoms with Gasteiger partial charge in [-0.05, 0) is 6.92 Å². The van der Waals surface area contributed by atoms with Crippen molar-refractivity contribution in [2.75, 3.05) is 5.73 Å². The number of hydrogen-bond donors (Lipinski definition) is 3. The highest BCUT2D eigenvalue weighted by Crippen LogP contribution is 2.24. The second kappa shape index (κ2) is 5.64. The van der Waals surface area contributed by atoms with Crippen LogP contribution in [0.15, 0.2) is 40.3 Å². The Morgan fingerprint density at radius 2 is 1.95 bits per heavy atom. The average molecular weight is 315 g/mol. The third kappa shape index (κ3) is 2.73. The summed E-state index contributed by atoms with van der Waals surface area (Å²) in [5, 5.41) is 0.106. The first-order valence-electron chi connectivity index (χ1n) is 6.56. The molecule has 0 fully saturated rings. The number of nitrogen functional groups attached to an aromatic ring is 1. The van der Waals surface area contributed by atoms with Gasteiger partial charge < -0.3 is 10.7 Å². The zero-order valence-electron chi connectivity index (χ0n) is 11.7. The monoisotopic (exact) mass is 315 g/mol. The molecule has 0 aliphatic rings. The highest BCUT2D eigenvalue weighted by molar-refractivity contribution is 8.00. The fourth-order valence-corrected chi connectivity index (χ4v) is 2.90. The van der Waals surface area contributed by atoms with Crippen molar-refractivity contribution in [3.05, 3.63) is 46.2 Å². The number of anilines is 1. The Morgan fingerprint density at radius 1 is 1.23 bits per heavy atom. The van der Waals surface area contributed by atoms with Crippen LogP contribution in [0.3, 0.4) is 0 Å². The molecule has 112 valence electrons. The summed E-state index contributed by atoms with van der Waals surface area (Å²) in [5.74, 6) is 0.00130. The van der Waals surface area contributed by atoms with Gasteiger partial charge in [0.25, 0.3) is 5.56 Å². The zero-order chi connectivity index (χ0) is 15.7. The van der Waals surface area contributed by atoms with Gasteiger partial charge in [0.15, 0.2) is 22.1 Å². The first-order chi connectivity index (χ1) is 10.5. The maximum absolute atomic E-state index is 12.3. The Bertz CT molecular complexity index is 887. The third-order valence-electron chi connectivity index (χ3n) is 3.07. The van der Waals surface area contributed by atoms with Gasteiger partial charge in [-0.15, -0.1) is 0 Å². The molecule has 2 heterocycles. The number of fused-ring (bicyclic) bond motifs is 1. The Morgan fingerprint density at radius 3 is 2.68 bits per heavy atom. The van der Waals surface area contributed by atoms with E-state index in [1.165, 1.54) is 11.8 Å². The summed E-state index contributed by atoms with van der Waals surface area (Å²) in [6.45, 7) is 1.79. The Kier molecular flexibility index (Phi) is 3.68. The molecule has 3 rings (SSSR count). The van der Waals surface area contributed by atoms with Crippen molar-refractivity contribution in [3.8, 4) is 0 Å². The minimum atomic E-state index is -0.385. The second-order valence-electron chi connectivity index (χ2n) is 4.68. The average Bonchev–Trinajstić information content (AvgIpc) is 2.90. The van der Waals surface area contributed by atoms with Gasteiger partial charge in [0, 0.05) is 5.56 Å². The van der Waals surface area contributed by atoms with E-state index in [9.17, 15) is 9.59 Å². The number of nitrogens with zero attached hydrogens (tertiary/aromatic N) is 2. The Hall–Kier alpha value is -2.61. The van der Waals surface area contributed by atoms with Gasteiger partial charge in [0.2, 0.25) is 5.95 Å². The van der Waals surface area contributed by atoms with E-state index in [4.69, 9.17) is 5.73 Å². The third-order valence-corrected chi connectivity index (χ3v) is 4.06. The van der Waals surface area contributed by atoms with E-state index in [-0.39, 0.29) is 33.7 Å². The van der Waals surface area contributed by atoms with Crippen LogP contribution in [0.2, 0.25) is 0 Å². The number of ketones is 1. The van der Waals surface area contributed by atoms with E-state index in [1.807, 2.05) is 18.2 Å². The number of rotatable bonds is 4. The minimum Gasteiger partial charge on any atom is -0.369 e. The summed E-state index contributed by atoms with van der Waals surface area (Å²) in [7, 11) is 0. The SMILES string of the molecule is CC(Sc1nc2nc(N)[nH]c(=O)c2[nH]1)C(=O)c1ccccc1. The largest absolute Gasteiger partial charge is 0.369 e. The molecular weight excluding hydrogens is 302 g/mol. The molecule has 0 spiro atoms. The molecule has 1 atom stereocenters. The highest BCUT2D eigenvalue weighted by atomic mass is 32.2. The van der Waals surface area contributed by atoms with E-state index in [0.717, 1.165) is 0 Å². The van der Waals surface area contributed by atoms with Crippen LogP contribution in [0.5, 0.6) is 0 Å². The van der Waals surface area contributed by atoms with E-state index < -0.39 is 0 Å². The number of Topliss-reactive ketones (excluding diaryl/α,β-unsaturated/α-hetero) is 1. The van der Waals surface area contributed by atoms with Crippen LogP contribution >= 0.6 is 11.8 Å². The highest BCUT2D eigenvalue weighted by Gasteiger charge is 2.19. The van der Waals surface area contributed by atoms with Crippen LogP contribution in [0, 0.1) is 0 Å². The molecule has 1 aromatic carbocycles. The number of H-pyrrole nitrogens is 2. The van der Waals surface area contributed by atoms with Crippen molar-refractivity contribution in [1.82, 2.24) is 19.9 Å². The van der Waals surface area contributed by atoms with Gasteiger partial charge in [0.1, 0.15) is 0 Å². The molecule has 0 saturated carbocycles. The summed E-state index contributed by atoms with van der Waals surface area (Å²) in [6, 6.07) is 9.03. The number of nitrogens with two attached hydrogens (primary N) is 1. The van der Waals surface area contributed by atoms with E-state index in [0.29, 0.717) is 10.7 Å². The number of thioether (sulfide) groups is 1. The van der Waals surface area contributed by atoms with Crippen LogP contribution in [-0.2, 0) is 0 Å².